The Labute approximate surface area is 120 Å². The molecule has 0 aliphatic carbocycles. The first-order chi connectivity index (χ1) is 9.63. The molecule has 0 aliphatic heterocycles. The molecule has 0 unspecified atom stereocenters. The normalized spacial score (nSPS) is 11.1. The van der Waals surface area contributed by atoms with Crippen LogP contribution in [0.1, 0.15) is 31.2 Å². The quantitative estimate of drug-likeness (QED) is 0.820. The first kappa shape index (κ1) is 14.6. The van der Waals surface area contributed by atoms with Gasteiger partial charge in [0.05, 0.1) is 12.3 Å². The van der Waals surface area contributed by atoms with E-state index in [0.29, 0.717) is 19.1 Å². The van der Waals surface area contributed by atoms with Crippen molar-refractivity contribution in [3.63, 3.8) is 0 Å². The van der Waals surface area contributed by atoms with E-state index in [4.69, 9.17) is 9.47 Å². The second kappa shape index (κ2) is 6.57. The van der Waals surface area contributed by atoms with E-state index >= 15 is 0 Å². The van der Waals surface area contributed by atoms with Crippen molar-refractivity contribution < 1.29 is 9.47 Å². The number of hydrogen-bond acceptors (Lipinski definition) is 3. The van der Waals surface area contributed by atoms with Gasteiger partial charge in [-0.2, -0.15) is 5.10 Å². The summed E-state index contributed by atoms with van der Waals surface area (Å²) in [6, 6.07) is 8.13. The van der Waals surface area contributed by atoms with Crippen LogP contribution in [0.5, 0.6) is 5.75 Å². The molecule has 1 N–H and O–H groups in total. The number of nitrogens with one attached hydrogen (secondary N) is 1. The van der Waals surface area contributed by atoms with Crippen molar-refractivity contribution in [2.24, 2.45) is 0 Å². The third kappa shape index (κ3) is 3.20. The van der Waals surface area contributed by atoms with Crippen LogP contribution < -0.4 is 4.74 Å². The Hall–Kier alpha value is -1.81. The van der Waals surface area contributed by atoms with Crippen molar-refractivity contribution in [1.29, 1.82) is 0 Å². The van der Waals surface area contributed by atoms with Crippen LogP contribution in [0, 0.1) is 6.92 Å². The van der Waals surface area contributed by atoms with Gasteiger partial charge >= 0.3 is 0 Å². The highest BCUT2D eigenvalue weighted by atomic mass is 16.5. The molecule has 0 fully saturated rings. The third-order valence-electron chi connectivity index (χ3n) is 3.22. The van der Waals surface area contributed by atoms with E-state index in [9.17, 15) is 0 Å². The van der Waals surface area contributed by atoms with Gasteiger partial charge in [-0.15, -0.1) is 0 Å². The molecule has 4 heteroatoms. The van der Waals surface area contributed by atoms with Crippen molar-refractivity contribution in [3.05, 3.63) is 35.7 Å². The molecule has 1 heterocycles. The molecular weight excluding hydrogens is 252 g/mol. The zero-order chi connectivity index (χ0) is 14.5. The molecule has 0 radical (unpaired) electrons. The maximum atomic E-state index is 5.58. The molecule has 1 aromatic heterocycles. The molecule has 0 atom stereocenters. The number of benzene rings is 1. The highest BCUT2D eigenvalue weighted by Gasteiger charge is 2.15. The lowest BCUT2D eigenvalue weighted by atomic mass is 9.98. The second-order valence-corrected chi connectivity index (χ2v) is 5.13. The number of aromatic amines is 1. The number of H-pyrrole nitrogens is 1. The third-order valence-corrected chi connectivity index (χ3v) is 3.22. The van der Waals surface area contributed by atoms with E-state index in [-0.39, 0.29) is 0 Å². The van der Waals surface area contributed by atoms with E-state index in [1.165, 1.54) is 11.1 Å². The molecular formula is C16H22N2O2. The Kier molecular flexibility index (Phi) is 4.79. The van der Waals surface area contributed by atoms with Gasteiger partial charge in [0.15, 0.2) is 0 Å². The lowest BCUT2D eigenvalue weighted by molar-refractivity contribution is 0.146. The molecule has 0 aliphatic rings. The topological polar surface area (TPSA) is 47.1 Å². The number of nitrogens with zero attached hydrogens (tertiary/aromatic N) is 1. The van der Waals surface area contributed by atoms with Crippen LogP contribution in [0.15, 0.2) is 24.3 Å². The standard InChI is InChI=1S/C16H22N2O2/c1-11(2)16-15(12(3)17-18-16)13-5-7-14(8-6-13)20-10-9-19-4/h5-8,11H,9-10H2,1-4H3,(H,17,18). The van der Waals surface area contributed by atoms with Crippen LogP contribution in [0.3, 0.4) is 0 Å². The van der Waals surface area contributed by atoms with Crippen LogP contribution in [0.2, 0.25) is 0 Å². The largest absolute Gasteiger partial charge is 0.491 e. The van der Waals surface area contributed by atoms with Gasteiger partial charge in [0, 0.05) is 18.4 Å². The molecule has 0 amide bonds. The zero-order valence-electron chi connectivity index (χ0n) is 12.6. The minimum atomic E-state index is 0.396. The van der Waals surface area contributed by atoms with Gasteiger partial charge in [-0.05, 0) is 30.5 Å². The number of aryl methyl sites for hydroxylation is 1. The Morgan fingerprint density at radius 3 is 2.45 bits per heavy atom. The molecule has 0 saturated heterocycles. The van der Waals surface area contributed by atoms with Crippen LogP contribution in [-0.4, -0.2) is 30.5 Å². The zero-order valence-corrected chi connectivity index (χ0v) is 12.6. The molecule has 0 spiro atoms. The summed E-state index contributed by atoms with van der Waals surface area (Å²) in [6.45, 7) is 7.53. The van der Waals surface area contributed by atoms with E-state index in [1.807, 2.05) is 12.1 Å². The smallest absolute Gasteiger partial charge is 0.119 e. The summed E-state index contributed by atoms with van der Waals surface area (Å²) in [4.78, 5) is 0. The lowest BCUT2D eigenvalue weighted by Gasteiger charge is -2.09. The number of rotatable bonds is 6. The second-order valence-electron chi connectivity index (χ2n) is 5.13. The van der Waals surface area contributed by atoms with Crippen molar-refractivity contribution in [2.45, 2.75) is 26.7 Å². The summed E-state index contributed by atoms with van der Waals surface area (Å²) in [5.41, 5.74) is 4.57. The van der Waals surface area contributed by atoms with Crippen LogP contribution in [-0.2, 0) is 4.74 Å². The van der Waals surface area contributed by atoms with E-state index in [1.54, 1.807) is 7.11 Å². The Balaban J connectivity index is 2.20. The van der Waals surface area contributed by atoms with Crippen molar-refractivity contribution >= 4 is 0 Å². The number of aromatic nitrogens is 2. The number of hydrogen-bond donors (Lipinski definition) is 1. The predicted molar refractivity (Wildman–Crippen MR) is 80.2 cm³/mol. The van der Waals surface area contributed by atoms with Gasteiger partial charge in [-0.25, -0.2) is 0 Å². The van der Waals surface area contributed by atoms with E-state index < -0.39 is 0 Å². The molecule has 0 saturated carbocycles. The minimum Gasteiger partial charge on any atom is -0.491 e. The SMILES string of the molecule is COCCOc1ccc(-c2c(C(C)C)n[nH]c2C)cc1. The van der Waals surface area contributed by atoms with E-state index in [2.05, 4.69) is 43.1 Å². The summed E-state index contributed by atoms with van der Waals surface area (Å²) in [5, 5.41) is 7.48. The van der Waals surface area contributed by atoms with Crippen LogP contribution in [0.4, 0.5) is 0 Å². The van der Waals surface area contributed by atoms with Gasteiger partial charge in [-0.1, -0.05) is 26.0 Å². The average molecular weight is 274 g/mol. The average Bonchev–Trinajstić information content (AvgIpc) is 2.82. The van der Waals surface area contributed by atoms with Crippen LogP contribution >= 0.6 is 0 Å². The number of ether oxygens (including phenoxy) is 2. The molecule has 108 valence electrons. The molecule has 2 aromatic rings. The van der Waals surface area contributed by atoms with Gasteiger partial charge in [0.25, 0.3) is 0 Å². The fourth-order valence-corrected chi connectivity index (χ4v) is 2.19. The van der Waals surface area contributed by atoms with Crippen molar-refractivity contribution in [2.75, 3.05) is 20.3 Å². The Morgan fingerprint density at radius 2 is 1.85 bits per heavy atom. The van der Waals surface area contributed by atoms with E-state index in [0.717, 1.165) is 17.1 Å². The minimum absolute atomic E-state index is 0.396. The molecule has 4 nitrogen and oxygen atoms in total. The maximum Gasteiger partial charge on any atom is 0.119 e. The molecule has 20 heavy (non-hydrogen) atoms. The summed E-state index contributed by atoms with van der Waals surface area (Å²) >= 11 is 0. The fraction of sp³-hybridized carbons (Fsp3) is 0.438. The summed E-state index contributed by atoms with van der Waals surface area (Å²) < 4.78 is 10.5. The maximum absolute atomic E-state index is 5.58. The van der Waals surface area contributed by atoms with Gasteiger partial charge in [0.1, 0.15) is 12.4 Å². The first-order valence-electron chi connectivity index (χ1n) is 6.90. The number of methoxy groups -OCH3 is 1. The highest BCUT2D eigenvalue weighted by molar-refractivity contribution is 5.69. The highest BCUT2D eigenvalue weighted by Crippen LogP contribution is 2.31. The van der Waals surface area contributed by atoms with Gasteiger partial charge < -0.3 is 9.47 Å². The molecule has 2 rings (SSSR count). The first-order valence-corrected chi connectivity index (χ1v) is 6.90. The monoisotopic (exact) mass is 274 g/mol. The summed E-state index contributed by atoms with van der Waals surface area (Å²) in [7, 11) is 1.67. The van der Waals surface area contributed by atoms with Crippen molar-refractivity contribution in [1.82, 2.24) is 10.2 Å². The van der Waals surface area contributed by atoms with Crippen molar-refractivity contribution in [3.8, 4) is 16.9 Å². The lowest BCUT2D eigenvalue weighted by Crippen LogP contribution is -2.03. The fourth-order valence-electron chi connectivity index (χ4n) is 2.19. The summed E-state index contributed by atoms with van der Waals surface area (Å²) in [5.74, 6) is 1.26. The van der Waals surface area contributed by atoms with Crippen LogP contribution in [0.25, 0.3) is 11.1 Å². The predicted octanol–water partition coefficient (Wildman–Crippen LogP) is 3.53. The Bertz CT molecular complexity index is 544. The van der Waals surface area contributed by atoms with Gasteiger partial charge in [0.2, 0.25) is 0 Å². The molecule has 1 aromatic carbocycles. The molecule has 0 bridgehead atoms. The van der Waals surface area contributed by atoms with Gasteiger partial charge in [-0.3, -0.25) is 5.10 Å². The summed E-state index contributed by atoms with van der Waals surface area (Å²) in [6.07, 6.45) is 0. The Morgan fingerprint density at radius 1 is 1.15 bits per heavy atom.